The van der Waals surface area contributed by atoms with E-state index < -0.39 is 5.97 Å². The molecule has 1 aromatic carbocycles. The topological polar surface area (TPSA) is 60.0 Å². The lowest BCUT2D eigenvalue weighted by Crippen LogP contribution is -2.07. The molecule has 3 rings (SSSR count). The van der Waals surface area contributed by atoms with Gasteiger partial charge in [-0.3, -0.25) is 0 Å². The highest BCUT2D eigenvalue weighted by Crippen LogP contribution is 2.21. The maximum absolute atomic E-state index is 11.3. The first kappa shape index (κ1) is 11.5. The van der Waals surface area contributed by atoms with E-state index in [1.165, 1.54) is 0 Å². The number of rotatable bonds is 3. The molecule has 0 bridgehead atoms. The smallest absolute Gasteiger partial charge is 0.337 e. The Labute approximate surface area is 109 Å². The molecule has 0 atom stereocenters. The third-order valence-electron chi connectivity index (χ3n) is 3.25. The summed E-state index contributed by atoms with van der Waals surface area (Å²) in [5, 5.41) is 10.2. The molecule has 0 amide bonds. The third-order valence-corrected chi connectivity index (χ3v) is 3.25. The van der Waals surface area contributed by atoms with Gasteiger partial charge in [0.1, 0.15) is 5.82 Å². The van der Waals surface area contributed by atoms with Crippen molar-refractivity contribution in [2.45, 2.75) is 6.54 Å². The van der Waals surface area contributed by atoms with Crippen LogP contribution in [0.15, 0.2) is 42.9 Å². The predicted molar refractivity (Wildman–Crippen MR) is 71.2 cm³/mol. The Morgan fingerprint density at radius 3 is 2.84 bits per heavy atom. The molecule has 3 aromatic rings. The molecule has 2 aromatic heterocycles. The lowest BCUT2D eigenvalue weighted by atomic mass is 10.1. The van der Waals surface area contributed by atoms with Crippen molar-refractivity contribution >= 4 is 16.9 Å². The standard InChI is InChI=1S/C14H13N3O2/c1-16-8-6-15-12(16)9-17-7-5-10-3-2-4-11(13(10)17)14(18)19/h2-8H,9H2,1H3,(H,18,19). The normalized spacial score (nSPS) is 11.0. The first-order chi connectivity index (χ1) is 9.16. The highest BCUT2D eigenvalue weighted by molar-refractivity contribution is 6.02. The molecular weight excluding hydrogens is 242 g/mol. The molecule has 0 unspecified atom stereocenters. The van der Waals surface area contributed by atoms with E-state index in [0.29, 0.717) is 12.1 Å². The Kier molecular flexibility index (Phi) is 2.59. The zero-order valence-corrected chi connectivity index (χ0v) is 10.4. The molecule has 0 fully saturated rings. The molecule has 0 aliphatic rings. The fraction of sp³-hybridized carbons (Fsp3) is 0.143. The van der Waals surface area contributed by atoms with Crippen molar-refractivity contribution in [3.05, 3.63) is 54.2 Å². The van der Waals surface area contributed by atoms with Crippen LogP contribution < -0.4 is 0 Å². The number of nitrogens with zero attached hydrogens (tertiary/aromatic N) is 3. The van der Waals surface area contributed by atoms with E-state index in [-0.39, 0.29) is 0 Å². The summed E-state index contributed by atoms with van der Waals surface area (Å²) in [6, 6.07) is 7.22. The molecule has 2 heterocycles. The minimum Gasteiger partial charge on any atom is -0.478 e. The Morgan fingerprint density at radius 2 is 2.16 bits per heavy atom. The fourth-order valence-electron chi connectivity index (χ4n) is 2.27. The van der Waals surface area contributed by atoms with E-state index in [2.05, 4.69) is 4.98 Å². The summed E-state index contributed by atoms with van der Waals surface area (Å²) in [5.41, 5.74) is 1.05. The second-order valence-electron chi connectivity index (χ2n) is 4.45. The summed E-state index contributed by atoms with van der Waals surface area (Å²) < 4.78 is 3.84. The number of aromatic nitrogens is 3. The number of carbonyl (C=O) groups is 1. The summed E-state index contributed by atoms with van der Waals surface area (Å²) in [5.74, 6) is -0.0249. The highest BCUT2D eigenvalue weighted by Gasteiger charge is 2.13. The summed E-state index contributed by atoms with van der Waals surface area (Å²) in [6.07, 6.45) is 5.50. The molecule has 0 saturated carbocycles. The van der Waals surface area contributed by atoms with Crippen LogP contribution >= 0.6 is 0 Å². The van der Waals surface area contributed by atoms with Gasteiger partial charge in [0.05, 0.1) is 17.6 Å². The molecule has 96 valence electrons. The van der Waals surface area contributed by atoms with Crippen molar-refractivity contribution < 1.29 is 9.90 Å². The van der Waals surface area contributed by atoms with Crippen molar-refractivity contribution in [1.82, 2.24) is 14.1 Å². The van der Waals surface area contributed by atoms with Gasteiger partial charge in [-0.05, 0) is 12.1 Å². The quantitative estimate of drug-likeness (QED) is 0.779. The average molecular weight is 255 g/mol. The molecule has 5 nitrogen and oxygen atoms in total. The van der Waals surface area contributed by atoms with E-state index >= 15 is 0 Å². The SMILES string of the molecule is Cn1ccnc1Cn1ccc2cccc(C(=O)O)c21. The lowest BCUT2D eigenvalue weighted by Gasteiger charge is -2.07. The van der Waals surface area contributed by atoms with Gasteiger partial charge in [-0.25, -0.2) is 9.78 Å². The van der Waals surface area contributed by atoms with Crippen LogP contribution in [0.4, 0.5) is 0 Å². The maximum atomic E-state index is 11.3. The van der Waals surface area contributed by atoms with Crippen LogP contribution in [-0.2, 0) is 13.6 Å². The number of hydrogen-bond donors (Lipinski definition) is 1. The number of imidazole rings is 1. The maximum Gasteiger partial charge on any atom is 0.337 e. The van der Waals surface area contributed by atoms with Crippen LogP contribution in [0.2, 0.25) is 0 Å². The Balaban J connectivity index is 2.14. The van der Waals surface area contributed by atoms with Gasteiger partial charge in [0, 0.05) is 31.0 Å². The van der Waals surface area contributed by atoms with Crippen LogP contribution in [0.25, 0.3) is 10.9 Å². The number of hydrogen-bond acceptors (Lipinski definition) is 2. The van der Waals surface area contributed by atoms with Crippen molar-refractivity contribution in [1.29, 1.82) is 0 Å². The second kappa shape index (κ2) is 4.28. The summed E-state index contributed by atoms with van der Waals surface area (Å²) >= 11 is 0. The number of carboxylic acid groups (broad SMARTS) is 1. The number of fused-ring (bicyclic) bond motifs is 1. The highest BCUT2D eigenvalue weighted by atomic mass is 16.4. The Hall–Kier alpha value is -2.56. The van der Waals surface area contributed by atoms with Crippen LogP contribution in [0.3, 0.4) is 0 Å². The van der Waals surface area contributed by atoms with E-state index in [4.69, 9.17) is 0 Å². The first-order valence-corrected chi connectivity index (χ1v) is 5.94. The van der Waals surface area contributed by atoms with Gasteiger partial charge in [0.15, 0.2) is 0 Å². The minimum atomic E-state index is -0.912. The number of carboxylic acids is 1. The summed E-state index contributed by atoms with van der Waals surface area (Å²) in [7, 11) is 1.92. The molecule has 1 N–H and O–H groups in total. The van der Waals surface area contributed by atoms with Gasteiger partial charge < -0.3 is 14.2 Å². The van der Waals surface area contributed by atoms with E-state index in [0.717, 1.165) is 16.7 Å². The van der Waals surface area contributed by atoms with Gasteiger partial charge in [-0.15, -0.1) is 0 Å². The summed E-state index contributed by atoms with van der Waals surface area (Å²) in [4.78, 5) is 15.6. The molecule has 19 heavy (non-hydrogen) atoms. The molecule has 5 heteroatoms. The van der Waals surface area contributed by atoms with Gasteiger partial charge in [-0.2, -0.15) is 0 Å². The van der Waals surface area contributed by atoms with Gasteiger partial charge >= 0.3 is 5.97 Å². The van der Waals surface area contributed by atoms with Gasteiger partial charge in [0.2, 0.25) is 0 Å². The van der Waals surface area contributed by atoms with Crippen molar-refractivity contribution in [3.8, 4) is 0 Å². The van der Waals surface area contributed by atoms with Crippen LogP contribution in [-0.4, -0.2) is 25.2 Å². The Bertz CT molecular complexity index is 755. The average Bonchev–Trinajstić information content (AvgIpc) is 2.97. The van der Waals surface area contributed by atoms with Crippen LogP contribution in [0.5, 0.6) is 0 Å². The number of aryl methyl sites for hydroxylation is 1. The molecule has 0 saturated heterocycles. The summed E-state index contributed by atoms with van der Waals surface area (Å²) in [6.45, 7) is 0.553. The van der Waals surface area contributed by atoms with E-state index in [1.54, 1.807) is 18.3 Å². The van der Waals surface area contributed by atoms with Gasteiger partial charge in [-0.1, -0.05) is 12.1 Å². The van der Waals surface area contributed by atoms with Crippen molar-refractivity contribution in [2.24, 2.45) is 7.05 Å². The first-order valence-electron chi connectivity index (χ1n) is 5.94. The fourth-order valence-corrected chi connectivity index (χ4v) is 2.27. The third kappa shape index (κ3) is 1.89. The molecular formula is C14H13N3O2. The molecule has 0 radical (unpaired) electrons. The number of para-hydroxylation sites is 1. The molecule has 0 aliphatic heterocycles. The predicted octanol–water partition coefficient (Wildman–Crippen LogP) is 2.12. The molecule has 0 spiro atoms. The van der Waals surface area contributed by atoms with Crippen molar-refractivity contribution in [2.75, 3.05) is 0 Å². The van der Waals surface area contributed by atoms with E-state index in [1.807, 2.05) is 40.7 Å². The van der Waals surface area contributed by atoms with E-state index in [9.17, 15) is 9.90 Å². The largest absolute Gasteiger partial charge is 0.478 e. The minimum absolute atomic E-state index is 0.316. The lowest BCUT2D eigenvalue weighted by molar-refractivity contribution is 0.0698. The van der Waals surface area contributed by atoms with Crippen LogP contribution in [0.1, 0.15) is 16.2 Å². The Morgan fingerprint density at radius 1 is 1.32 bits per heavy atom. The number of aromatic carboxylic acids is 1. The van der Waals surface area contributed by atoms with Gasteiger partial charge in [0.25, 0.3) is 0 Å². The van der Waals surface area contributed by atoms with Crippen LogP contribution in [0, 0.1) is 0 Å². The van der Waals surface area contributed by atoms with Crippen molar-refractivity contribution in [3.63, 3.8) is 0 Å². The monoisotopic (exact) mass is 255 g/mol. The zero-order chi connectivity index (χ0) is 13.4. The number of benzene rings is 1. The molecule has 0 aliphatic carbocycles. The zero-order valence-electron chi connectivity index (χ0n) is 10.4. The second-order valence-corrected chi connectivity index (χ2v) is 4.45.